The van der Waals surface area contributed by atoms with Gasteiger partial charge in [0.05, 0.1) is 0 Å². The van der Waals surface area contributed by atoms with Gasteiger partial charge in [0.15, 0.2) is 6.29 Å². The van der Waals surface area contributed by atoms with E-state index in [-0.39, 0.29) is 0 Å². The summed E-state index contributed by atoms with van der Waals surface area (Å²) in [6.07, 6.45) is 2.07. The fraction of sp³-hybridized carbons (Fsp3) is 0.368. The van der Waals surface area contributed by atoms with E-state index in [0.29, 0.717) is 6.42 Å². The Morgan fingerprint density at radius 3 is 1.96 bits per heavy atom. The molecular formula is C19H26N2O2. The first kappa shape index (κ1) is 17.3. The van der Waals surface area contributed by atoms with Crippen LogP contribution in [0.5, 0.6) is 0 Å². The van der Waals surface area contributed by atoms with Crippen molar-refractivity contribution < 1.29 is 10.2 Å². The van der Waals surface area contributed by atoms with Crippen molar-refractivity contribution in [1.82, 2.24) is 0 Å². The van der Waals surface area contributed by atoms with Crippen LogP contribution in [0.4, 0.5) is 11.4 Å². The first-order valence-corrected chi connectivity index (χ1v) is 8.22. The lowest BCUT2D eigenvalue weighted by Gasteiger charge is -2.09. The molecule has 0 unspecified atom stereocenters. The summed E-state index contributed by atoms with van der Waals surface area (Å²) >= 11 is 0. The maximum absolute atomic E-state index is 8.80. The van der Waals surface area contributed by atoms with E-state index in [2.05, 4.69) is 47.0 Å². The molecule has 0 fully saturated rings. The molecule has 0 saturated carbocycles. The molecule has 0 spiro atoms. The topological polar surface area (TPSA) is 64.5 Å². The van der Waals surface area contributed by atoms with Gasteiger partial charge in [0.25, 0.3) is 0 Å². The van der Waals surface area contributed by atoms with Gasteiger partial charge in [-0.15, -0.1) is 0 Å². The van der Waals surface area contributed by atoms with Gasteiger partial charge in [0.2, 0.25) is 0 Å². The number of aliphatic hydroxyl groups is 2. The number of hydrogen-bond acceptors (Lipinski definition) is 4. The third-order valence-corrected chi connectivity index (χ3v) is 3.69. The third kappa shape index (κ3) is 7.17. The second-order valence-corrected chi connectivity index (χ2v) is 5.64. The van der Waals surface area contributed by atoms with Crippen LogP contribution < -0.4 is 10.6 Å². The van der Waals surface area contributed by atoms with Gasteiger partial charge in [-0.25, -0.2) is 0 Å². The molecule has 0 radical (unpaired) electrons. The summed E-state index contributed by atoms with van der Waals surface area (Å²) in [5.74, 6) is 0. The molecule has 0 aromatic heterocycles. The summed E-state index contributed by atoms with van der Waals surface area (Å²) in [6.45, 7) is 1.73. The van der Waals surface area contributed by atoms with Crippen LogP contribution >= 0.6 is 0 Å². The Balaban J connectivity index is 1.62. The highest BCUT2D eigenvalue weighted by molar-refractivity contribution is 5.46. The summed E-state index contributed by atoms with van der Waals surface area (Å²) in [4.78, 5) is 0. The maximum Gasteiger partial charge on any atom is 0.151 e. The lowest BCUT2D eigenvalue weighted by Crippen LogP contribution is -2.13. The third-order valence-electron chi connectivity index (χ3n) is 3.69. The lowest BCUT2D eigenvalue weighted by molar-refractivity contribution is -0.0465. The van der Waals surface area contributed by atoms with Crippen molar-refractivity contribution in [1.29, 1.82) is 0 Å². The molecule has 4 heteroatoms. The minimum absolute atomic E-state index is 0.452. The molecular weight excluding hydrogens is 288 g/mol. The Kier molecular flexibility index (Phi) is 7.43. The number of aliphatic hydroxyl groups excluding tert-OH is 1. The monoisotopic (exact) mass is 314 g/mol. The normalized spacial score (nSPS) is 10.7. The number of hydrogen-bond donors (Lipinski definition) is 4. The largest absolute Gasteiger partial charge is 0.383 e. The van der Waals surface area contributed by atoms with Crippen LogP contribution in [0.15, 0.2) is 54.6 Å². The summed E-state index contributed by atoms with van der Waals surface area (Å²) in [5, 5.41) is 24.4. The summed E-state index contributed by atoms with van der Waals surface area (Å²) in [7, 11) is 0. The molecule has 0 aliphatic heterocycles. The molecule has 2 aromatic rings. The van der Waals surface area contributed by atoms with Crippen molar-refractivity contribution in [3.8, 4) is 0 Å². The number of benzene rings is 2. The second-order valence-electron chi connectivity index (χ2n) is 5.64. The van der Waals surface area contributed by atoms with Crippen LogP contribution in [0.2, 0.25) is 0 Å². The van der Waals surface area contributed by atoms with E-state index in [1.54, 1.807) is 0 Å². The number of aryl methyl sites for hydroxylation is 1. The fourth-order valence-electron chi connectivity index (χ4n) is 2.41. The Bertz CT molecular complexity index is 541. The molecule has 4 nitrogen and oxygen atoms in total. The minimum atomic E-state index is -1.17. The van der Waals surface area contributed by atoms with Gasteiger partial charge in [-0.2, -0.15) is 0 Å². The number of anilines is 2. The van der Waals surface area contributed by atoms with Gasteiger partial charge in [0.1, 0.15) is 0 Å². The van der Waals surface area contributed by atoms with E-state index in [0.717, 1.165) is 43.7 Å². The Morgan fingerprint density at radius 2 is 1.35 bits per heavy atom. The van der Waals surface area contributed by atoms with Gasteiger partial charge in [-0.05, 0) is 55.5 Å². The van der Waals surface area contributed by atoms with Crippen molar-refractivity contribution in [2.75, 3.05) is 23.7 Å². The number of rotatable bonds is 10. The predicted molar refractivity (Wildman–Crippen MR) is 95.6 cm³/mol. The van der Waals surface area contributed by atoms with Crippen LogP contribution in [0, 0.1) is 0 Å². The van der Waals surface area contributed by atoms with Crippen molar-refractivity contribution in [2.45, 2.75) is 32.0 Å². The molecule has 0 bridgehead atoms. The molecule has 0 amide bonds. The van der Waals surface area contributed by atoms with Crippen LogP contribution in [0.3, 0.4) is 0 Å². The highest BCUT2D eigenvalue weighted by Crippen LogP contribution is 2.12. The van der Waals surface area contributed by atoms with Crippen molar-refractivity contribution in [3.63, 3.8) is 0 Å². The zero-order chi connectivity index (χ0) is 16.3. The average molecular weight is 314 g/mol. The average Bonchev–Trinajstić information content (AvgIpc) is 2.57. The van der Waals surface area contributed by atoms with Crippen LogP contribution in [0.25, 0.3) is 0 Å². The van der Waals surface area contributed by atoms with Gasteiger partial charge >= 0.3 is 0 Å². The van der Waals surface area contributed by atoms with E-state index < -0.39 is 6.29 Å². The summed E-state index contributed by atoms with van der Waals surface area (Å²) < 4.78 is 0. The zero-order valence-corrected chi connectivity index (χ0v) is 13.4. The maximum atomic E-state index is 8.80. The van der Waals surface area contributed by atoms with E-state index in [9.17, 15) is 0 Å². The molecule has 0 aliphatic carbocycles. The Labute approximate surface area is 138 Å². The van der Waals surface area contributed by atoms with Crippen molar-refractivity contribution in [2.24, 2.45) is 0 Å². The highest BCUT2D eigenvalue weighted by atomic mass is 16.5. The molecule has 0 heterocycles. The molecule has 0 aliphatic rings. The number of unbranched alkanes of at least 4 members (excludes halogenated alkanes) is 1. The van der Waals surface area contributed by atoms with Gasteiger partial charge < -0.3 is 20.8 Å². The van der Waals surface area contributed by atoms with E-state index in [1.165, 1.54) is 5.56 Å². The molecule has 124 valence electrons. The summed E-state index contributed by atoms with van der Waals surface area (Å²) in [5.41, 5.74) is 3.54. The second kappa shape index (κ2) is 9.87. The lowest BCUT2D eigenvalue weighted by atomic mass is 10.1. The zero-order valence-electron chi connectivity index (χ0n) is 13.4. The SMILES string of the molecule is OC(O)CCCCc1ccc(NCCNc2ccccc2)cc1. The predicted octanol–water partition coefficient (Wildman–Crippen LogP) is 3.23. The highest BCUT2D eigenvalue weighted by Gasteiger charge is 1.99. The first-order valence-electron chi connectivity index (χ1n) is 8.22. The van der Waals surface area contributed by atoms with Gasteiger partial charge in [-0.3, -0.25) is 0 Å². The van der Waals surface area contributed by atoms with Gasteiger partial charge in [0, 0.05) is 24.5 Å². The molecule has 2 aromatic carbocycles. The molecule has 4 N–H and O–H groups in total. The molecule has 0 saturated heterocycles. The Hall–Kier alpha value is -2.04. The number of nitrogens with one attached hydrogen (secondary N) is 2. The molecule has 2 rings (SSSR count). The van der Waals surface area contributed by atoms with E-state index >= 15 is 0 Å². The Morgan fingerprint density at radius 1 is 0.739 bits per heavy atom. The van der Waals surface area contributed by atoms with Crippen molar-refractivity contribution in [3.05, 3.63) is 60.2 Å². The molecule has 23 heavy (non-hydrogen) atoms. The summed E-state index contributed by atoms with van der Waals surface area (Å²) in [6, 6.07) is 18.6. The van der Waals surface area contributed by atoms with Crippen LogP contribution in [-0.4, -0.2) is 29.6 Å². The standard InChI is InChI=1S/C19H26N2O2/c22-19(23)9-5-4-6-16-10-12-18(13-11-16)21-15-14-20-17-7-2-1-3-8-17/h1-3,7-8,10-13,19-23H,4-6,9,14-15H2. The smallest absolute Gasteiger partial charge is 0.151 e. The van der Waals surface area contributed by atoms with Crippen LogP contribution in [-0.2, 0) is 6.42 Å². The van der Waals surface area contributed by atoms with E-state index in [4.69, 9.17) is 10.2 Å². The number of para-hydroxylation sites is 1. The van der Waals surface area contributed by atoms with Crippen molar-refractivity contribution >= 4 is 11.4 Å². The molecule has 0 atom stereocenters. The van der Waals surface area contributed by atoms with Crippen LogP contribution in [0.1, 0.15) is 24.8 Å². The quantitative estimate of drug-likeness (QED) is 0.401. The van der Waals surface area contributed by atoms with Gasteiger partial charge in [-0.1, -0.05) is 30.3 Å². The minimum Gasteiger partial charge on any atom is -0.383 e. The first-order chi connectivity index (χ1) is 11.2. The fourth-order valence-corrected chi connectivity index (χ4v) is 2.41. The van der Waals surface area contributed by atoms with E-state index in [1.807, 2.05) is 18.2 Å².